The number of anilines is 1. The normalized spacial score (nSPS) is 17.9. The molecule has 150 valence electrons. The van der Waals surface area contributed by atoms with Crippen molar-refractivity contribution in [2.45, 2.75) is 6.04 Å². The maximum absolute atomic E-state index is 13.1. The number of ether oxygens (including phenoxy) is 1. The molecule has 6 heteroatoms. The van der Waals surface area contributed by atoms with Crippen LogP contribution in [0.2, 0.25) is 0 Å². The Morgan fingerprint density at radius 1 is 0.967 bits per heavy atom. The van der Waals surface area contributed by atoms with Gasteiger partial charge in [0.1, 0.15) is 11.5 Å². The van der Waals surface area contributed by atoms with Crippen LogP contribution in [0.3, 0.4) is 0 Å². The lowest BCUT2D eigenvalue weighted by Crippen LogP contribution is -2.29. The molecule has 1 unspecified atom stereocenters. The number of Topliss-reactive ketones (excluding diaryl/α,β-unsaturated/α-hetero) is 1. The Bertz CT molecular complexity index is 1140. The van der Waals surface area contributed by atoms with Gasteiger partial charge in [-0.25, -0.2) is 0 Å². The molecule has 0 aliphatic carbocycles. The number of aliphatic hydroxyl groups is 1. The molecule has 0 bridgehead atoms. The summed E-state index contributed by atoms with van der Waals surface area (Å²) >= 11 is 3.40. The topological polar surface area (TPSA) is 66.8 Å². The number of para-hydroxylation sites is 1. The van der Waals surface area contributed by atoms with Gasteiger partial charge >= 0.3 is 0 Å². The van der Waals surface area contributed by atoms with Gasteiger partial charge in [0, 0.05) is 11.3 Å². The third-order valence-electron chi connectivity index (χ3n) is 5.02. The fraction of sp³-hybridized carbons (Fsp3) is 0.0833. The van der Waals surface area contributed by atoms with Gasteiger partial charge in [0.05, 0.1) is 23.2 Å². The van der Waals surface area contributed by atoms with Crippen molar-refractivity contribution >= 4 is 39.1 Å². The molecular formula is C24H18BrNO4. The minimum absolute atomic E-state index is 0.0483. The SMILES string of the molecule is COc1ccc(/C(O)=C2/C(=O)C(=O)N(c3ccccc3)C2c2ccccc2)cc1Br. The second-order valence-corrected chi connectivity index (χ2v) is 7.62. The summed E-state index contributed by atoms with van der Waals surface area (Å²) in [7, 11) is 1.54. The first-order chi connectivity index (χ1) is 14.5. The first kappa shape index (κ1) is 19.9. The number of rotatable bonds is 4. The Labute approximate surface area is 182 Å². The van der Waals surface area contributed by atoms with Crippen molar-refractivity contribution in [1.29, 1.82) is 0 Å². The monoisotopic (exact) mass is 463 g/mol. The van der Waals surface area contributed by atoms with Crippen molar-refractivity contribution < 1.29 is 19.4 Å². The molecule has 5 nitrogen and oxygen atoms in total. The van der Waals surface area contributed by atoms with E-state index in [1.54, 1.807) is 49.6 Å². The molecule has 0 saturated carbocycles. The van der Waals surface area contributed by atoms with Crippen molar-refractivity contribution in [1.82, 2.24) is 0 Å². The van der Waals surface area contributed by atoms with Gasteiger partial charge in [0.15, 0.2) is 0 Å². The summed E-state index contributed by atoms with van der Waals surface area (Å²) in [6.45, 7) is 0. The van der Waals surface area contributed by atoms with Gasteiger partial charge in [-0.05, 0) is 51.8 Å². The molecule has 1 fully saturated rings. The van der Waals surface area contributed by atoms with E-state index in [-0.39, 0.29) is 11.3 Å². The fourth-order valence-electron chi connectivity index (χ4n) is 3.61. The summed E-state index contributed by atoms with van der Waals surface area (Å²) in [5.74, 6) is -1.04. The smallest absolute Gasteiger partial charge is 0.300 e. The highest BCUT2D eigenvalue weighted by Gasteiger charge is 2.46. The highest BCUT2D eigenvalue weighted by molar-refractivity contribution is 9.10. The lowest BCUT2D eigenvalue weighted by Gasteiger charge is -2.25. The summed E-state index contributed by atoms with van der Waals surface area (Å²) in [5.41, 5.74) is 1.78. The minimum Gasteiger partial charge on any atom is -0.507 e. The zero-order valence-corrected chi connectivity index (χ0v) is 17.7. The summed E-state index contributed by atoms with van der Waals surface area (Å²) in [4.78, 5) is 27.5. The number of ketones is 1. The summed E-state index contributed by atoms with van der Waals surface area (Å²) in [6.07, 6.45) is 0. The number of carbonyl (C=O) groups excluding carboxylic acids is 2. The van der Waals surface area contributed by atoms with Crippen LogP contribution in [0.4, 0.5) is 5.69 Å². The molecule has 3 aromatic rings. The van der Waals surface area contributed by atoms with Crippen molar-refractivity contribution in [3.8, 4) is 5.75 Å². The zero-order valence-electron chi connectivity index (χ0n) is 16.1. The predicted octanol–water partition coefficient (Wildman–Crippen LogP) is 5.08. The number of aliphatic hydroxyl groups excluding tert-OH is 1. The zero-order chi connectivity index (χ0) is 21.3. The van der Waals surface area contributed by atoms with E-state index in [0.29, 0.717) is 21.5 Å². The maximum atomic E-state index is 13.1. The van der Waals surface area contributed by atoms with E-state index in [0.717, 1.165) is 5.56 Å². The van der Waals surface area contributed by atoms with Crippen LogP contribution in [-0.2, 0) is 9.59 Å². The van der Waals surface area contributed by atoms with Crippen LogP contribution in [0.25, 0.3) is 5.76 Å². The molecular weight excluding hydrogens is 446 g/mol. The molecule has 3 aromatic carbocycles. The second-order valence-electron chi connectivity index (χ2n) is 6.76. The Kier molecular flexibility index (Phi) is 5.42. The third-order valence-corrected chi connectivity index (χ3v) is 5.64. The number of benzene rings is 3. The fourth-order valence-corrected chi connectivity index (χ4v) is 4.15. The van der Waals surface area contributed by atoms with Gasteiger partial charge in [-0.15, -0.1) is 0 Å². The van der Waals surface area contributed by atoms with E-state index in [2.05, 4.69) is 15.9 Å². The lowest BCUT2D eigenvalue weighted by atomic mass is 9.95. The van der Waals surface area contributed by atoms with Gasteiger partial charge in [-0.3, -0.25) is 14.5 Å². The van der Waals surface area contributed by atoms with E-state index in [1.165, 1.54) is 4.90 Å². The van der Waals surface area contributed by atoms with Gasteiger partial charge in [0.25, 0.3) is 11.7 Å². The summed E-state index contributed by atoms with van der Waals surface area (Å²) in [6, 6.07) is 22.4. The molecule has 1 atom stereocenters. The first-order valence-electron chi connectivity index (χ1n) is 9.28. The van der Waals surface area contributed by atoms with Crippen molar-refractivity contribution in [2.24, 2.45) is 0 Å². The molecule has 0 radical (unpaired) electrons. The molecule has 1 aliphatic rings. The van der Waals surface area contributed by atoms with Crippen molar-refractivity contribution in [3.05, 3.63) is 100 Å². The second kappa shape index (κ2) is 8.16. The molecule has 0 spiro atoms. The third kappa shape index (κ3) is 3.39. The van der Waals surface area contributed by atoms with Crippen LogP contribution in [0, 0.1) is 0 Å². The Morgan fingerprint density at radius 2 is 1.60 bits per heavy atom. The molecule has 1 amide bonds. The van der Waals surface area contributed by atoms with Crippen LogP contribution >= 0.6 is 15.9 Å². The van der Waals surface area contributed by atoms with Gasteiger partial charge in [-0.1, -0.05) is 48.5 Å². The Balaban J connectivity index is 1.93. The largest absolute Gasteiger partial charge is 0.507 e. The van der Waals surface area contributed by atoms with Crippen LogP contribution in [0.1, 0.15) is 17.2 Å². The number of amides is 1. The molecule has 1 N–H and O–H groups in total. The quantitative estimate of drug-likeness (QED) is 0.332. The Morgan fingerprint density at radius 3 is 2.20 bits per heavy atom. The molecule has 1 aliphatic heterocycles. The van der Waals surface area contributed by atoms with E-state index in [1.807, 2.05) is 36.4 Å². The number of methoxy groups -OCH3 is 1. The van der Waals surface area contributed by atoms with Crippen LogP contribution in [-0.4, -0.2) is 23.9 Å². The molecule has 4 rings (SSSR count). The van der Waals surface area contributed by atoms with E-state index in [9.17, 15) is 14.7 Å². The van der Waals surface area contributed by atoms with Crippen LogP contribution in [0.15, 0.2) is 88.9 Å². The number of nitrogens with zero attached hydrogens (tertiary/aromatic N) is 1. The van der Waals surface area contributed by atoms with Gasteiger partial charge < -0.3 is 9.84 Å². The highest BCUT2D eigenvalue weighted by Crippen LogP contribution is 2.42. The minimum atomic E-state index is -0.741. The molecule has 0 aromatic heterocycles. The van der Waals surface area contributed by atoms with Crippen LogP contribution in [0.5, 0.6) is 5.75 Å². The van der Waals surface area contributed by atoms with E-state index >= 15 is 0 Å². The molecule has 1 heterocycles. The standard InChI is InChI=1S/C24H18BrNO4/c1-30-19-13-12-16(14-18(19)25)22(27)20-21(15-8-4-2-5-9-15)26(24(29)23(20)28)17-10-6-3-7-11-17/h2-14,21,27H,1H3/b22-20-. The van der Waals surface area contributed by atoms with Gasteiger partial charge in [0.2, 0.25) is 0 Å². The highest BCUT2D eigenvalue weighted by atomic mass is 79.9. The molecule has 30 heavy (non-hydrogen) atoms. The maximum Gasteiger partial charge on any atom is 0.300 e. The average molecular weight is 464 g/mol. The van der Waals surface area contributed by atoms with Crippen molar-refractivity contribution in [3.63, 3.8) is 0 Å². The number of hydrogen-bond donors (Lipinski definition) is 1. The van der Waals surface area contributed by atoms with E-state index in [4.69, 9.17) is 4.74 Å². The Hall–Kier alpha value is -3.38. The summed E-state index contributed by atoms with van der Waals surface area (Å²) in [5, 5.41) is 11.1. The lowest BCUT2D eigenvalue weighted by molar-refractivity contribution is -0.132. The van der Waals surface area contributed by atoms with Gasteiger partial charge in [-0.2, -0.15) is 0 Å². The molecule has 1 saturated heterocycles. The number of carbonyl (C=O) groups is 2. The number of halogens is 1. The average Bonchev–Trinajstić information content (AvgIpc) is 3.05. The van der Waals surface area contributed by atoms with Crippen LogP contribution < -0.4 is 9.64 Å². The van der Waals surface area contributed by atoms with Crippen molar-refractivity contribution in [2.75, 3.05) is 12.0 Å². The number of hydrogen-bond acceptors (Lipinski definition) is 4. The van der Waals surface area contributed by atoms with E-state index < -0.39 is 17.7 Å². The first-order valence-corrected chi connectivity index (χ1v) is 10.1. The summed E-state index contributed by atoms with van der Waals surface area (Å²) < 4.78 is 5.86. The predicted molar refractivity (Wildman–Crippen MR) is 118 cm³/mol.